The minimum Gasteiger partial charge on any atom is -0.493 e. The Bertz CT molecular complexity index is 424. The molecule has 4 nitrogen and oxygen atoms in total. The van der Waals surface area contributed by atoms with Crippen LogP contribution in [0.4, 0.5) is 0 Å². The number of halogens is 1. The standard InChI is InChI=1S/C16H26BrNO3/c1-4-8-21-16-14(17)9-13(10-15(16)20-3)11-18-7-5-6-12(2)19/h9-10,12,18-19H,4-8,11H2,1-3H3. The van der Waals surface area contributed by atoms with E-state index in [9.17, 15) is 5.11 Å². The van der Waals surface area contributed by atoms with Gasteiger partial charge in [0.15, 0.2) is 11.5 Å². The summed E-state index contributed by atoms with van der Waals surface area (Å²) in [6.45, 7) is 6.22. The Labute approximate surface area is 136 Å². The summed E-state index contributed by atoms with van der Waals surface area (Å²) in [6, 6.07) is 4.05. The molecule has 0 amide bonds. The maximum atomic E-state index is 9.21. The molecule has 0 aliphatic rings. The second-order valence-electron chi connectivity index (χ2n) is 5.13. The Morgan fingerprint density at radius 2 is 2.14 bits per heavy atom. The zero-order valence-electron chi connectivity index (χ0n) is 13.1. The molecule has 1 rings (SSSR count). The number of benzene rings is 1. The van der Waals surface area contributed by atoms with Crippen LogP contribution in [0.1, 0.15) is 38.7 Å². The third-order valence-electron chi connectivity index (χ3n) is 3.04. The van der Waals surface area contributed by atoms with Crippen molar-refractivity contribution in [3.8, 4) is 11.5 Å². The first-order chi connectivity index (χ1) is 10.1. The lowest BCUT2D eigenvalue weighted by molar-refractivity contribution is 0.181. The minimum atomic E-state index is -0.226. The van der Waals surface area contributed by atoms with Gasteiger partial charge in [0, 0.05) is 6.54 Å². The Balaban J connectivity index is 2.57. The van der Waals surface area contributed by atoms with E-state index in [2.05, 4.69) is 34.2 Å². The summed E-state index contributed by atoms with van der Waals surface area (Å²) in [7, 11) is 1.65. The average molecular weight is 360 g/mol. The van der Waals surface area contributed by atoms with Gasteiger partial charge in [-0.15, -0.1) is 0 Å². The predicted octanol–water partition coefficient (Wildman–Crippen LogP) is 3.50. The van der Waals surface area contributed by atoms with Crippen LogP contribution in [0.25, 0.3) is 0 Å². The van der Waals surface area contributed by atoms with Crippen LogP contribution in [0.15, 0.2) is 16.6 Å². The molecule has 0 heterocycles. The van der Waals surface area contributed by atoms with Crippen LogP contribution in [0.5, 0.6) is 11.5 Å². The summed E-state index contributed by atoms with van der Waals surface area (Å²) in [5.74, 6) is 1.51. The van der Waals surface area contributed by atoms with Gasteiger partial charge in [-0.3, -0.25) is 0 Å². The van der Waals surface area contributed by atoms with Gasteiger partial charge in [-0.1, -0.05) is 6.92 Å². The monoisotopic (exact) mass is 359 g/mol. The first kappa shape index (κ1) is 18.3. The molecule has 0 bridgehead atoms. The van der Waals surface area contributed by atoms with Crippen LogP contribution in [0, 0.1) is 0 Å². The zero-order chi connectivity index (χ0) is 15.7. The normalized spacial score (nSPS) is 12.2. The summed E-state index contributed by atoms with van der Waals surface area (Å²) in [5.41, 5.74) is 1.14. The highest BCUT2D eigenvalue weighted by atomic mass is 79.9. The zero-order valence-corrected chi connectivity index (χ0v) is 14.7. The fraction of sp³-hybridized carbons (Fsp3) is 0.625. The highest BCUT2D eigenvalue weighted by Gasteiger charge is 2.11. The first-order valence-electron chi connectivity index (χ1n) is 7.46. The molecular weight excluding hydrogens is 334 g/mol. The van der Waals surface area contributed by atoms with Crippen LogP contribution in [0.3, 0.4) is 0 Å². The molecule has 1 aromatic rings. The number of hydrogen-bond donors (Lipinski definition) is 2. The second-order valence-corrected chi connectivity index (χ2v) is 5.98. The van der Waals surface area contributed by atoms with E-state index < -0.39 is 0 Å². The molecule has 0 fully saturated rings. The molecule has 0 radical (unpaired) electrons. The van der Waals surface area contributed by atoms with E-state index in [0.29, 0.717) is 6.61 Å². The number of aliphatic hydroxyl groups excluding tert-OH is 1. The number of ether oxygens (including phenoxy) is 2. The van der Waals surface area contributed by atoms with Crippen molar-refractivity contribution in [1.82, 2.24) is 5.32 Å². The van der Waals surface area contributed by atoms with Gasteiger partial charge >= 0.3 is 0 Å². The number of hydrogen-bond acceptors (Lipinski definition) is 4. The van der Waals surface area contributed by atoms with E-state index >= 15 is 0 Å². The van der Waals surface area contributed by atoms with Crippen molar-refractivity contribution in [1.29, 1.82) is 0 Å². The largest absolute Gasteiger partial charge is 0.493 e. The number of nitrogens with one attached hydrogen (secondary N) is 1. The van der Waals surface area contributed by atoms with Gasteiger partial charge in [0.05, 0.1) is 24.3 Å². The Hall–Kier alpha value is -0.780. The van der Waals surface area contributed by atoms with Gasteiger partial charge in [0.2, 0.25) is 0 Å². The van der Waals surface area contributed by atoms with Crippen molar-refractivity contribution in [3.63, 3.8) is 0 Å². The third kappa shape index (κ3) is 6.68. The summed E-state index contributed by atoms with van der Waals surface area (Å²) in [4.78, 5) is 0. The summed E-state index contributed by atoms with van der Waals surface area (Å²) in [5, 5.41) is 12.6. The molecule has 2 N–H and O–H groups in total. The molecule has 21 heavy (non-hydrogen) atoms. The van der Waals surface area contributed by atoms with Gasteiger partial charge in [-0.2, -0.15) is 0 Å². The van der Waals surface area contributed by atoms with Gasteiger partial charge < -0.3 is 19.9 Å². The molecule has 0 aromatic heterocycles. The molecule has 1 unspecified atom stereocenters. The van der Waals surface area contributed by atoms with Gasteiger partial charge in [-0.25, -0.2) is 0 Å². The van der Waals surface area contributed by atoms with Crippen molar-refractivity contribution < 1.29 is 14.6 Å². The summed E-state index contributed by atoms with van der Waals surface area (Å²) >= 11 is 3.54. The summed E-state index contributed by atoms with van der Waals surface area (Å²) in [6.07, 6.45) is 2.52. The highest BCUT2D eigenvalue weighted by Crippen LogP contribution is 2.36. The molecular formula is C16H26BrNO3. The number of aliphatic hydroxyl groups is 1. The molecule has 0 saturated carbocycles. The van der Waals surface area contributed by atoms with Crippen molar-refractivity contribution in [2.24, 2.45) is 0 Å². The summed E-state index contributed by atoms with van der Waals surface area (Å²) < 4.78 is 12.0. The predicted molar refractivity (Wildman–Crippen MR) is 89.1 cm³/mol. The molecule has 0 aliphatic heterocycles. The van der Waals surface area contributed by atoms with Crippen LogP contribution in [-0.4, -0.2) is 31.5 Å². The lowest BCUT2D eigenvalue weighted by atomic mass is 10.2. The fourth-order valence-electron chi connectivity index (χ4n) is 1.97. The fourth-order valence-corrected chi connectivity index (χ4v) is 2.58. The molecule has 1 aromatic carbocycles. The van der Waals surface area contributed by atoms with Gasteiger partial charge in [0.25, 0.3) is 0 Å². The first-order valence-corrected chi connectivity index (χ1v) is 8.25. The second kappa shape index (κ2) is 10.0. The quantitative estimate of drug-likeness (QED) is 0.627. The van der Waals surface area contributed by atoms with E-state index in [1.165, 1.54) is 0 Å². The van der Waals surface area contributed by atoms with E-state index in [1.807, 2.05) is 13.0 Å². The number of rotatable bonds is 10. The topological polar surface area (TPSA) is 50.7 Å². The van der Waals surface area contributed by atoms with Crippen LogP contribution < -0.4 is 14.8 Å². The molecule has 120 valence electrons. The maximum absolute atomic E-state index is 9.21. The van der Waals surface area contributed by atoms with Crippen molar-refractivity contribution in [2.45, 2.75) is 45.8 Å². The molecule has 5 heteroatoms. The maximum Gasteiger partial charge on any atom is 0.175 e. The van der Waals surface area contributed by atoms with E-state index in [0.717, 1.165) is 53.9 Å². The molecule has 0 aliphatic carbocycles. The van der Waals surface area contributed by atoms with Crippen molar-refractivity contribution >= 4 is 15.9 Å². The van der Waals surface area contributed by atoms with E-state index in [1.54, 1.807) is 7.11 Å². The van der Waals surface area contributed by atoms with Crippen molar-refractivity contribution in [2.75, 3.05) is 20.3 Å². The Morgan fingerprint density at radius 3 is 2.76 bits per heavy atom. The lowest BCUT2D eigenvalue weighted by Crippen LogP contribution is -2.16. The van der Waals surface area contributed by atoms with Crippen LogP contribution >= 0.6 is 15.9 Å². The Morgan fingerprint density at radius 1 is 1.38 bits per heavy atom. The third-order valence-corrected chi connectivity index (χ3v) is 3.63. The highest BCUT2D eigenvalue weighted by molar-refractivity contribution is 9.10. The Kier molecular flexibility index (Phi) is 8.73. The van der Waals surface area contributed by atoms with Gasteiger partial charge in [-0.05, 0) is 66.4 Å². The van der Waals surface area contributed by atoms with E-state index in [4.69, 9.17) is 9.47 Å². The molecule has 1 atom stereocenters. The molecule has 0 spiro atoms. The SMILES string of the molecule is CCCOc1c(Br)cc(CNCCCC(C)O)cc1OC. The lowest BCUT2D eigenvalue weighted by Gasteiger charge is -2.14. The van der Waals surface area contributed by atoms with Gasteiger partial charge in [0.1, 0.15) is 0 Å². The van der Waals surface area contributed by atoms with E-state index in [-0.39, 0.29) is 6.10 Å². The molecule has 0 saturated heterocycles. The van der Waals surface area contributed by atoms with Crippen molar-refractivity contribution in [3.05, 3.63) is 22.2 Å². The minimum absolute atomic E-state index is 0.226. The van der Waals surface area contributed by atoms with Crippen LogP contribution in [-0.2, 0) is 6.54 Å². The van der Waals surface area contributed by atoms with Crippen LogP contribution in [0.2, 0.25) is 0 Å². The smallest absolute Gasteiger partial charge is 0.175 e. The number of methoxy groups -OCH3 is 1. The average Bonchev–Trinajstić information content (AvgIpc) is 2.45.